The lowest BCUT2D eigenvalue weighted by Gasteiger charge is -2.14. The minimum atomic E-state index is -0.0382. The van der Waals surface area contributed by atoms with E-state index in [-0.39, 0.29) is 11.8 Å². The van der Waals surface area contributed by atoms with E-state index in [0.29, 0.717) is 24.4 Å². The molecular weight excluding hydrogens is 296 g/mol. The standard InChI is InChI=1S/C13H19BrN2O2/c1-3-9(8-15)6-13(17)16-11-7-10(14)4-5-12(11)18-2/h4-5,7,9H,3,6,8,15H2,1-2H3,(H,16,17). The van der Waals surface area contributed by atoms with Gasteiger partial charge in [0.25, 0.3) is 0 Å². The fourth-order valence-electron chi connectivity index (χ4n) is 1.64. The summed E-state index contributed by atoms with van der Waals surface area (Å²) in [4.78, 5) is 11.9. The molecule has 1 aromatic rings. The number of hydrogen-bond acceptors (Lipinski definition) is 3. The second-order valence-corrected chi connectivity index (χ2v) is 5.02. The Morgan fingerprint density at radius 3 is 2.83 bits per heavy atom. The quantitative estimate of drug-likeness (QED) is 0.848. The highest BCUT2D eigenvalue weighted by atomic mass is 79.9. The maximum Gasteiger partial charge on any atom is 0.224 e. The van der Waals surface area contributed by atoms with Gasteiger partial charge in [-0.15, -0.1) is 0 Å². The minimum Gasteiger partial charge on any atom is -0.495 e. The van der Waals surface area contributed by atoms with Crippen molar-refractivity contribution in [1.29, 1.82) is 0 Å². The number of carbonyl (C=O) groups excluding carboxylic acids is 1. The first-order valence-corrected chi connectivity index (χ1v) is 6.73. The molecular formula is C13H19BrN2O2. The van der Waals surface area contributed by atoms with E-state index in [4.69, 9.17) is 10.5 Å². The van der Waals surface area contributed by atoms with Gasteiger partial charge in [-0.3, -0.25) is 4.79 Å². The summed E-state index contributed by atoms with van der Waals surface area (Å²) in [5, 5.41) is 2.85. The fourth-order valence-corrected chi connectivity index (χ4v) is 2.00. The molecule has 1 rings (SSSR count). The van der Waals surface area contributed by atoms with Crippen molar-refractivity contribution in [2.75, 3.05) is 19.0 Å². The number of methoxy groups -OCH3 is 1. The van der Waals surface area contributed by atoms with Crippen LogP contribution in [0.1, 0.15) is 19.8 Å². The monoisotopic (exact) mass is 314 g/mol. The highest BCUT2D eigenvalue weighted by Crippen LogP contribution is 2.28. The van der Waals surface area contributed by atoms with Crippen molar-refractivity contribution in [2.45, 2.75) is 19.8 Å². The topological polar surface area (TPSA) is 64.4 Å². The van der Waals surface area contributed by atoms with Gasteiger partial charge in [0, 0.05) is 10.9 Å². The fraction of sp³-hybridized carbons (Fsp3) is 0.462. The van der Waals surface area contributed by atoms with Gasteiger partial charge >= 0.3 is 0 Å². The van der Waals surface area contributed by atoms with Crippen molar-refractivity contribution in [3.05, 3.63) is 22.7 Å². The van der Waals surface area contributed by atoms with Crippen LogP contribution in [0.4, 0.5) is 5.69 Å². The Morgan fingerprint density at radius 2 is 2.28 bits per heavy atom. The molecule has 1 aromatic carbocycles. The second kappa shape index (κ2) is 7.38. The lowest BCUT2D eigenvalue weighted by molar-refractivity contribution is -0.117. The maximum atomic E-state index is 11.9. The zero-order valence-corrected chi connectivity index (χ0v) is 12.3. The van der Waals surface area contributed by atoms with Gasteiger partial charge in [-0.2, -0.15) is 0 Å². The molecule has 1 unspecified atom stereocenters. The van der Waals surface area contributed by atoms with Gasteiger partial charge in [0.05, 0.1) is 12.8 Å². The minimum absolute atomic E-state index is 0.0382. The second-order valence-electron chi connectivity index (χ2n) is 4.11. The third-order valence-corrected chi connectivity index (χ3v) is 3.31. The largest absolute Gasteiger partial charge is 0.495 e. The number of ether oxygens (including phenoxy) is 1. The summed E-state index contributed by atoms with van der Waals surface area (Å²) in [6.07, 6.45) is 1.34. The SMILES string of the molecule is CCC(CN)CC(=O)Nc1cc(Br)ccc1OC. The van der Waals surface area contributed by atoms with E-state index in [1.807, 2.05) is 19.1 Å². The van der Waals surface area contributed by atoms with Crippen LogP contribution in [-0.4, -0.2) is 19.6 Å². The number of halogens is 1. The summed E-state index contributed by atoms with van der Waals surface area (Å²) in [5.74, 6) is 0.833. The number of nitrogens with two attached hydrogens (primary N) is 1. The Balaban J connectivity index is 2.71. The molecule has 0 saturated carbocycles. The molecule has 1 atom stereocenters. The van der Waals surface area contributed by atoms with E-state index in [1.165, 1.54) is 0 Å². The summed E-state index contributed by atoms with van der Waals surface area (Å²) in [5.41, 5.74) is 6.26. The van der Waals surface area contributed by atoms with E-state index >= 15 is 0 Å². The van der Waals surface area contributed by atoms with Crippen LogP contribution < -0.4 is 15.8 Å². The van der Waals surface area contributed by atoms with E-state index in [1.54, 1.807) is 13.2 Å². The van der Waals surface area contributed by atoms with Crippen LogP contribution in [0.15, 0.2) is 22.7 Å². The third-order valence-electron chi connectivity index (χ3n) is 2.82. The van der Waals surface area contributed by atoms with E-state index in [2.05, 4.69) is 21.2 Å². The zero-order valence-electron chi connectivity index (χ0n) is 10.7. The van der Waals surface area contributed by atoms with Crippen LogP contribution in [0.3, 0.4) is 0 Å². The highest BCUT2D eigenvalue weighted by molar-refractivity contribution is 9.10. The molecule has 0 spiro atoms. The summed E-state index contributed by atoms with van der Waals surface area (Å²) in [7, 11) is 1.58. The highest BCUT2D eigenvalue weighted by Gasteiger charge is 2.12. The predicted molar refractivity (Wildman–Crippen MR) is 76.8 cm³/mol. The Labute approximate surface area is 116 Å². The lowest BCUT2D eigenvalue weighted by Crippen LogP contribution is -2.21. The van der Waals surface area contributed by atoms with Gasteiger partial charge in [-0.1, -0.05) is 29.3 Å². The summed E-state index contributed by atoms with van der Waals surface area (Å²) in [6, 6.07) is 5.49. The molecule has 0 aliphatic heterocycles. The van der Waals surface area contributed by atoms with Crippen molar-refractivity contribution in [1.82, 2.24) is 0 Å². The molecule has 4 nitrogen and oxygen atoms in total. The van der Waals surface area contributed by atoms with Crippen LogP contribution in [0.25, 0.3) is 0 Å². The number of rotatable bonds is 6. The van der Waals surface area contributed by atoms with Crippen LogP contribution >= 0.6 is 15.9 Å². The van der Waals surface area contributed by atoms with Crippen molar-refractivity contribution in [3.63, 3.8) is 0 Å². The number of benzene rings is 1. The van der Waals surface area contributed by atoms with Gasteiger partial charge in [-0.05, 0) is 30.7 Å². The molecule has 0 radical (unpaired) electrons. The van der Waals surface area contributed by atoms with Crippen LogP contribution in [0.2, 0.25) is 0 Å². The third kappa shape index (κ3) is 4.31. The molecule has 5 heteroatoms. The molecule has 100 valence electrons. The van der Waals surface area contributed by atoms with Gasteiger partial charge in [0.15, 0.2) is 0 Å². The van der Waals surface area contributed by atoms with E-state index < -0.39 is 0 Å². The van der Waals surface area contributed by atoms with Crippen molar-refractivity contribution >= 4 is 27.5 Å². The summed E-state index contributed by atoms with van der Waals surface area (Å²) < 4.78 is 6.09. The summed E-state index contributed by atoms with van der Waals surface area (Å²) >= 11 is 3.37. The van der Waals surface area contributed by atoms with E-state index in [9.17, 15) is 4.79 Å². The molecule has 0 heterocycles. The first-order valence-electron chi connectivity index (χ1n) is 5.94. The molecule has 0 aliphatic rings. The van der Waals surface area contributed by atoms with Crippen LogP contribution in [-0.2, 0) is 4.79 Å². The molecule has 0 aromatic heterocycles. The first kappa shape index (κ1) is 15.0. The molecule has 0 aliphatic carbocycles. The molecule has 3 N–H and O–H groups in total. The van der Waals surface area contributed by atoms with Gasteiger partial charge in [0.2, 0.25) is 5.91 Å². The van der Waals surface area contributed by atoms with Gasteiger partial charge < -0.3 is 15.8 Å². The number of carbonyl (C=O) groups is 1. The first-order chi connectivity index (χ1) is 8.60. The summed E-state index contributed by atoms with van der Waals surface area (Å²) in [6.45, 7) is 2.56. The Kier molecular flexibility index (Phi) is 6.15. The normalized spacial score (nSPS) is 12.0. The van der Waals surface area contributed by atoms with Crippen molar-refractivity contribution < 1.29 is 9.53 Å². The number of hydrogen-bond donors (Lipinski definition) is 2. The molecule has 1 amide bonds. The molecule has 18 heavy (non-hydrogen) atoms. The van der Waals surface area contributed by atoms with E-state index in [0.717, 1.165) is 10.9 Å². The maximum absolute atomic E-state index is 11.9. The zero-order chi connectivity index (χ0) is 13.5. The molecule has 0 bridgehead atoms. The number of nitrogens with one attached hydrogen (secondary N) is 1. The van der Waals surface area contributed by atoms with Gasteiger partial charge in [-0.25, -0.2) is 0 Å². The predicted octanol–water partition coefficient (Wildman–Crippen LogP) is 2.77. The Morgan fingerprint density at radius 1 is 1.56 bits per heavy atom. The van der Waals surface area contributed by atoms with Crippen molar-refractivity contribution in [3.8, 4) is 5.75 Å². The van der Waals surface area contributed by atoms with Crippen molar-refractivity contribution in [2.24, 2.45) is 11.7 Å². The lowest BCUT2D eigenvalue weighted by atomic mass is 10.0. The van der Waals surface area contributed by atoms with Crippen LogP contribution in [0.5, 0.6) is 5.75 Å². The molecule has 0 saturated heterocycles. The Bertz CT molecular complexity index is 406. The smallest absolute Gasteiger partial charge is 0.224 e. The molecule has 0 fully saturated rings. The van der Waals surface area contributed by atoms with Crippen LogP contribution in [0, 0.1) is 5.92 Å². The average Bonchev–Trinajstić information content (AvgIpc) is 2.36. The number of anilines is 1. The average molecular weight is 315 g/mol. The van der Waals surface area contributed by atoms with Gasteiger partial charge in [0.1, 0.15) is 5.75 Å². The number of amides is 1. The Hall–Kier alpha value is -1.07.